The number of fused-ring (bicyclic) bond motifs is 5. The summed E-state index contributed by atoms with van der Waals surface area (Å²) in [6.07, 6.45) is -0.539. The fourth-order valence-electron chi connectivity index (χ4n) is 5.27. The number of ether oxygens (including phenoxy) is 2. The van der Waals surface area contributed by atoms with Crippen LogP contribution < -0.4 is 15.5 Å². The highest BCUT2D eigenvalue weighted by atomic mass is 19.4. The Morgan fingerprint density at radius 1 is 1.09 bits per heavy atom. The molecule has 3 atom stereocenters. The average Bonchev–Trinajstić information content (AvgIpc) is 3.31. The van der Waals surface area contributed by atoms with E-state index in [0.29, 0.717) is 50.9 Å². The first kappa shape index (κ1) is 20.0. The predicted molar refractivity (Wildman–Crippen MR) is 110 cm³/mol. The van der Waals surface area contributed by atoms with Crippen LogP contribution in [0.4, 0.5) is 30.6 Å². The Hall–Kier alpha value is -2.66. The number of nitrogen functional groups attached to an aromatic ring is 1. The first-order valence-electron chi connectivity index (χ1n) is 10.9. The molecule has 3 fully saturated rings. The van der Waals surface area contributed by atoms with Gasteiger partial charge in [0.25, 0.3) is 0 Å². The minimum absolute atomic E-state index is 0.0181. The summed E-state index contributed by atoms with van der Waals surface area (Å²) in [5.41, 5.74) is 5.50. The van der Waals surface area contributed by atoms with Gasteiger partial charge >= 0.3 is 6.18 Å². The van der Waals surface area contributed by atoms with E-state index in [1.165, 1.54) is 0 Å². The summed E-state index contributed by atoms with van der Waals surface area (Å²) in [7, 11) is 0. The van der Waals surface area contributed by atoms with Gasteiger partial charge in [-0.2, -0.15) is 13.2 Å². The topological polar surface area (TPSA) is 89.6 Å². The molecule has 170 valence electrons. The molecule has 6 rings (SSSR count). The number of nitrogens with zero attached hydrogens (tertiary/aromatic N) is 5. The van der Waals surface area contributed by atoms with Gasteiger partial charge in [-0.3, -0.25) is 0 Å². The third-order valence-corrected chi connectivity index (χ3v) is 6.72. The molecule has 0 spiro atoms. The molecular weight excluding hydrogens is 425 g/mol. The minimum Gasteiger partial charge on any atom is -0.384 e. The fourth-order valence-corrected chi connectivity index (χ4v) is 5.27. The number of hydrogen-bond acceptors (Lipinski definition) is 8. The summed E-state index contributed by atoms with van der Waals surface area (Å²) >= 11 is 0. The van der Waals surface area contributed by atoms with Crippen molar-refractivity contribution in [2.75, 3.05) is 48.4 Å². The van der Waals surface area contributed by atoms with Crippen LogP contribution in [0.2, 0.25) is 0 Å². The van der Waals surface area contributed by atoms with Crippen molar-refractivity contribution >= 4 is 17.5 Å². The van der Waals surface area contributed by atoms with Crippen LogP contribution in [0.15, 0.2) is 12.3 Å². The maximum atomic E-state index is 13.8. The van der Waals surface area contributed by atoms with Crippen molar-refractivity contribution in [3.63, 3.8) is 0 Å². The number of halogens is 3. The number of morpholine rings is 2. The number of rotatable bonds is 2. The second kappa shape index (κ2) is 7.17. The number of aromatic nitrogens is 3. The van der Waals surface area contributed by atoms with Crippen LogP contribution in [0.3, 0.4) is 0 Å². The van der Waals surface area contributed by atoms with Crippen molar-refractivity contribution in [3.05, 3.63) is 23.4 Å². The Kier molecular flexibility index (Phi) is 4.48. The minimum atomic E-state index is -4.60. The Balaban J connectivity index is 1.51. The van der Waals surface area contributed by atoms with Gasteiger partial charge in [0.05, 0.1) is 42.6 Å². The molecule has 2 bridgehead atoms. The third kappa shape index (κ3) is 3.25. The summed E-state index contributed by atoms with van der Waals surface area (Å²) in [5.74, 6) is 1.22. The monoisotopic (exact) mass is 448 g/mol. The van der Waals surface area contributed by atoms with E-state index in [2.05, 4.69) is 19.8 Å². The highest BCUT2D eigenvalue weighted by Gasteiger charge is 2.41. The van der Waals surface area contributed by atoms with Crippen molar-refractivity contribution in [2.24, 2.45) is 0 Å². The van der Waals surface area contributed by atoms with Crippen LogP contribution in [0.1, 0.15) is 24.0 Å². The Morgan fingerprint density at radius 2 is 1.84 bits per heavy atom. The molecule has 0 saturated carbocycles. The zero-order valence-electron chi connectivity index (χ0n) is 17.3. The Bertz CT molecular complexity index is 1050. The Morgan fingerprint density at radius 3 is 2.59 bits per heavy atom. The smallest absolute Gasteiger partial charge is 0.384 e. The number of anilines is 3. The van der Waals surface area contributed by atoms with E-state index >= 15 is 0 Å². The summed E-state index contributed by atoms with van der Waals surface area (Å²) in [6.45, 7) is 3.12. The SMILES string of the molecule is Nc1cc(C(F)(F)F)c(-c2nc(N3CC4CCC(C3)O4)c3c(n2)N2CCOC[C@@H]2C3)cn1. The van der Waals surface area contributed by atoms with Crippen molar-refractivity contribution in [1.29, 1.82) is 0 Å². The van der Waals surface area contributed by atoms with Crippen molar-refractivity contribution in [3.8, 4) is 11.4 Å². The molecule has 0 aromatic carbocycles. The number of hydrogen-bond donors (Lipinski definition) is 1. The quantitative estimate of drug-likeness (QED) is 0.749. The van der Waals surface area contributed by atoms with Gasteiger partial charge < -0.3 is 25.0 Å². The molecule has 0 radical (unpaired) electrons. The summed E-state index contributed by atoms with van der Waals surface area (Å²) < 4.78 is 53.1. The first-order chi connectivity index (χ1) is 15.4. The van der Waals surface area contributed by atoms with Gasteiger partial charge in [-0.1, -0.05) is 0 Å². The molecule has 2 aromatic rings. The molecule has 6 heterocycles. The standard InChI is InChI=1S/C21H23F3N6O2/c22-21(23,24)16-6-17(25)26-7-15(16)18-27-19(29-8-12-1-2-13(9-29)32-12)14-5-11-10-31-4-3-30(11)20(14)28-18/h6-7,11-13H,1-5,8-10H2,(H2,25,26)/t11-,12?,13?/m0/s1. The van der Waals surface area contributed by atoms with E-state index < -0.39 is 11.7 Å². The maximum absolute atomic E-state index is 13.8. The zero-order valence-corrected chi connectivity index (χ0v) is 17.3. The molecule has 11 heteroatoms. The zero-order chi connectivity index (χ0) is 22.0. The van der Waals surface area contributed by atoms with Gasteiger partial charge in [-0.05, 0) is 18.9 Å². The summed E-state index contributed by atoms with van der Waals surface area (Å²) in [5, 5.41) is 0. The first-order valence-corrected chi connectivity index (χ1v) is 10.9. The molecule has 4 aliphatic rings. The summed E-state index contributed by atoms with van der Waals surface area (Å²) in [6, 6.07) is 0.962. The average molecular weight is 448 g/mol. The molecule has 0 aliphatic carbocycles. The van der Waals surface area contributed by atoms with Gasteiger partial charge in [-0.15, -0.1) is 0 Å². The molecule has 2 unspecified atom stereocenters. The van der Waals surface area contributed by atoms with Crippen LogP contribution in [0.25, 0.3) is 11.4 Å². The van der Waals surface area contributed by atoms with Gasteiger partial charge in [-0.25, -0.2) is 15.0 Å². The van der Waals surface area contributed by atoms with Crippen molar-refractivity contribution in [2.45, 2.75) is 43.7 Å². The van der Waals surface area contributed by atoms with Crippen LogP contribution >= 0.6 is 0 Å². The number of alkyl halides is 3. The van der Waals surface area contributed by atoms with E-state index in [9.17, 15) is 13.2 Å². The molecule has 0 amide bonds. The number of pyridine rings is 1. The lowest BCUT2D eigenvalue weighted by Crippen LogP contribution is -2.43. The summed E-state index contributed by atoms with van der Waals surface area (Å²) in [4.78, 5) is 17.6. The van der Waals surface area contributed by atoms with Crippen LogP contribution in [-0.2, 0) is 22.1 Å². The van der Waals surface area contributed by atoms with E-state index in [4.69, 9.17) is 20.2 Å². The van der Waals surface area contributed by atoms with Gasteiger partial charge in [0.1, 0.15) is 17.5 Å². The Labute approximate surface area is 182 Å². The highest BCUT2D eigenvalue weighted by Crippen LogP contribution is 2.43. The largest absolute Gasteiger partial charge is 0.417 e. The lowest BCUT2D eigenvalue weighted by Gasteiger charge is -2.34. The molecule has 2 aromatic heterocycles. The molecule has 2 N–H and O–H groups in total. The van der Waals surface area contributed by atoms with E-state index in [1.54, 1.807) is 0 Å². The molecule has 3 saturated heterocycles. The second-order valence-corrected chi connectivity index (χ2v) is 8.81. The van der Waals surface area contributed by atoms with Crippen LogP contribution in [-0.4, -0.2) is 66.0 Å². The maximum Gasteiger partial charge on any atom is 0.417 e. The van der Waals surface area contributed by atoms with Crippen LogP contribution in [0, 0.1) is 0 Å². The molecule has 32 heavy (non-hydrogen) atoms. The van der Waals surface area contributed by atoms with Gasteiger partial charge in [0.15, 0.2) is 5.82 Å². The molecule has 8 nitrogen and oxygen atoms in total. The van der Waals surface area contributed by atoms with Crippen LogP contribution in [0.5, 0.6) is 0 Å². The fraction of sp³-hybridized carbons (Fsp3) is 0.571. The highest BCUT2D eigenvalue weighted by molar-refractivity contribution is 5.72. The van der Waals surface area contributed by atoms with E-state index in [-0.39, 0.29) is 35.5 Å². The van der Waals surface area contributed by atoms with Crippen molar-refractivity contribution < 1.29 is 22.6 Å². The molecular formula is C21H23F3N6O2. The number of nitrogens with two attached hydrogens (primary N) is 1. The van der Waals surface area contributed by atoms with Gasteiger partial charge in [0.2, 0.25) is 0 Å². The van der Waals surface area contributed by atoms with Gasteiger partial charge in [0, 0.05) is 37.8 Å². The lowest BCUT2D eigenvalue weighted by molar-refractivity contribution is -0.137. The predicted octanol–water partition coefficient (Wildman–Crippen LogP) is 2.27. The normalized spacial score (nSPS) is 26.9. The van der Waals surface area contributed by atoms with E-state index in [1.807, 2.05) is 0 Å². The third-order valence-electron chi connectivity index (χ3n) is 6.72. The lowest BCUT2D eigenvalue weighted by atomic mass is 10.1. The van der Waals surface area contributed by atoms with Crippen molar-refractivity contribution in [1.82, 2.24) is 15.0 Å². The van der Waals surface area contributed by atoms with E-state index in [0.717, 1.165) is 30.7 Å². The second-order valence-electron chi connectivity index (χ2n) is 8.81. The molecule has 4 aliphatic heterocycles.